The van der Waals surface area contributed by atoms with Crippen LogP contribution in [-0.4, -0.2) is 16.1 Å². The third kappa shape index (κ3) is 3.38. The average Bonchev–Trinajstić information content (AvgIpc) is 2.32. The second-order valence-corrected chi connectivity index (χ2v) is 5.11. The molecule has 19 heavy (non-hydrogen) atoms. The lowest BCUT2D eigenvalue weighted by atomic mass is 10.1. The van der Waals surface area contributed by atoms with Crippen LogP contribution in [0.3, 0.4) is 0 Å². The van der Waals surface area contributed by atoms with E-state index in [0.717, 1.165) is 0 Å². The van der Waals surface area contributed by atoms with Gasteiger partial charge in [0.2, 0.25) is 0 Å². The molecule has 0 atom stereocenters. The number of aliphatic carboxylic acids is 1. The van der Waals surface area contributed by atoms with Crippen molar-refractivity contribution in [1.82, 2.24) is 4.98 Å². The SMILES string of the molecule is O=C(O)Cc1cc(-c2ccc(Cl)cc2Cl)ncc1Cl. The Labute approximate surface area is 124 Å². The van der Waals surface area contributed by atoms with Crippen LogP contribution in [0.1, 0.15) is 5.56 Å². The summed E-state index contributed by atoms with van der Waals surface area (Å²) in [5, 5.41) is 10.1. The van der Waals surface area contributed by atoms with Gasteiger partial charge in [-0.15, -0.1) is 0 Å². The molecule has 0 aliphatic carbocycles. The zero-order valence-corrected chi connectivity index (χ0v) is 11.8. The van der Waals surface area contributed by atoms with Crippen LogP contribution < -0.4 is 0 Å². The summed E-state index contributed by atoms with van der Waals surface area (Å²) in [7, 11) is 0. The summed E-state index contributed by atoms with van der Waals surface area (Å²) < 4.78 is 0. The van der Waals surface area contributed by atoms with Crippen molar-refractivity contribution in [3.8, 4) is 11.3 Å². The van der Waals surface area contributed by atoms with Crippen molar-refractivity contribution in [3.05, 3.63) is 51.1 Å². The Morgan fingerprint density at radius 3 is 2.53 bits per heavy atom. The van der Waals surface area contributed by atoms with Gasteiger partial charge in [-0.1, -0.05) is 34.8 Å². The number of benzene rings is 1. The molecule has 0 amide bonds. The second-order valence-electron chi connectivity index (χ2n) is 3.86. The molecule has 1 aromatic carbocycles. The molecule has 3 nitrogen and oxygen atoms in total. The molecule has 0 spiro atoms. The maximum Gasteiger partial charge on any atom is 0.307 e. The van der Waals surface area contributed by atoms with Gasteiger partial charge in [-0.25, -0.2) is 0 Å². The minimum absolute atomic E-state index is 0.167. The maximum atomic E-state index is 10.8. The highest BCUT2D eigenvalue weighted by atomic mass is 35.5. The Bertz CT molecular complexity index is 644. The maximum absolute atomic E-state index is 10.8. The first-order chi connectivity index (χ1) is 8.97. The van der Waals surface area contributed by atoms with Crippen molar-refractivity contribution in [2.45, 2.75) is 6.42 Å². The zero-order valence-electron chi connectivity index (χ0n) is 9.53. The number of halogens is 3. The van der Waals surface area contributed by atoms with Crippen molar-refractivity contribution in [2.24, 2.45) is 0 Å². The second kappa shape index (κ2) is 5.78. The van der Waals surface area contributed by atoms with Gasteiger partial charge in [0.05, 0.1) is 22.2 Å². The van der Waals surface area contributed by atoms with Crippen LogP contribution in [0.15, 0.2) is 30.5 Å². The number of hydrogen-bond donors (Lipinski definition) is 1. The predicted octanol–water partition coefficient (Wildman–Crippen LogP) is 4.34. The third-order valence-electron chi connectivity index (χ3n) is 2.48. The quantitative estimate of drug-likeness (QED) is 0.916. The van der Waals surface area contributed by atoms with Crippen LogP contribution in [-0.2, 0) is 11.2 Å². The fourth-order valence-corrected chi connectivity index (χ4v) is 2.30. The Morgan fingerprint density at radius 1 is 1.16 bits per heavy atom. The van der Waals surface area contributed by atoms with E-state index < -0.39 is 5.97 Å². The Morgan fingerprint density at radius 2 is 1.89 bits per heavy atom. The minimum atomic E-state index is -0.957. The zero-order chi connectivity index (χ0) is 14.0. The summed E-state index contributed by atoms with van der Waals surface area (Å²) in [5.41, 5.74) is 1.72. The minimum Gasteiger partial charge on any atom is -0.481 e. The van der Waals surface area contributed by atoms with E-state index in [4.69, 9.17) is 39.9 Å². The molecule has 0 saturated heterocycles. The number of aromatic nitrogens is 1. The van der Waals surface area contributed by atoms with Crippen LogP contribution in [0.25, 0.3) is 11.3 Å². The van der Waals surface area contributed by atoms with Crippen LogP contribution in [0.4, 0.5) is 0 Å². The van der Waals surface area contributed by atoms with Crippen LogP contribution in [0, 0.1) is 0 Å². The molecule has 6 heteroatoms. The molecule has 2 aromatic rings. The van der Waals surface area contributed by atoms with E-state index in [-0.39, 0.29) is 6.42 Å². The van der Waals surface area contributed by atoms with E-state index in [1.54, 1.807) is 24.3 Å². The molecule has 0 radical (unpaired) electrons. The molecule has 2 rings (SSSR count). The van der Waals surface area contributed by atoms with E-state index in [9.17, 15) is 4.79 Å². The molecule has 98 valence electrons. The van der Waals surface area contributed by atoms with Gasteiger partial charge in [0, 0.05) is 16.8 Å². The molecule has 1 aromatic heterocycles. The Kier molecular flexibility index (Phi) is 4.30. The average molecular weight is 317 g/mol. The van der Waals surface area contributed by atoms with Gasteiger partial charge in [-0.3, -0.25) is 9.78 Å². The number of carbonyl (C=O) groups is 1. The Balaban J connectivity index is 2.48. The summed E-state index contributed by atoms with van der Waals surface area (Å²) in [4.78, 5) is 14.9. The van der Waals surface area contributed by atoms with E-state index in [1.165, 1.54) is 6.20 Å². The van der Waals surface area contributed by atoms with Gasteiger partial charge >= 0.3 is 5.97 Å². The van der Waals surface area contributed by atoms with Crippen LogP contribution >= 0.6 is 34.8 Å². The first-order valence-electron chi connectivity index (χ1n) is 5.29. The van der Waals surface area contributed by atoms with Crippen molar-refractivity contribution in [3.63, 3.8) is 0 Å². The summed E-state index contributed by atoms with van der Waals surface area (Å²) in [6, 6.07) is 6.64. The lowest BCUT2D eigenvalue weighted by molar-refractivity contribution is -0.136. The van der Waals surface area contributed by atoms with Crippen LogP contribution in [0.2, 0.25) is 15.1 Å². The highest BCUT2D eigenvalue weighted by Gasteiger charge is 2.11. The van der Waals surface area contributed by atoms with Gasteiger partial charge in [0.15, 0.2) is 0 Å². The molecule has 1 N–H and O–H groups in total. The first-order valence-corrected chi connectivity index (χ1v) is 6.42. The molecule has 0 saturated carbocycles. The summed E-state index contributed by atoms with van der Waals surface area (Å²) in [6.45, 7) is 0. The Hall–Kier alpha value is -1.29. The predicted molar refractivity (Wildman–Crippen MR) is 76.0 cm³/mol. The summed E-state index contributed by atoms with van der Waals surface area (Å²) in [5.74, 6) is -0.957. The largest absolute Gasteiger partial charge is 0.481 e. The van der Waals surface area contributed by atoms with Crippen molar-refractivity contribution in [2.75, 3.05) is 0 Å². The molecule has 1 heterocycles. The van der Waals surface area contributed by atoms with Gasteiger partial charge < -0.3 is 5.11 Å². The fraction of sp³-hybridized carbons (Fsp3) is 0.0769. The lowest BCUT2D eigenvalue weighted by Gasteiger charge is -2.07. The number of hydrogen-bond acceptors (Lipinski definition) is 2. The van der Waals surface area contributed by atoms with E-state index in [2.05, 4.69) is 4.98 Å². The fourth-order valence-electron chi connectivity index (χ4n) is 1.62. The van der Waals surface area contributed by atoms with E-state index >= 15 is 0 Å². The van der Waals surface area contributed by atoms with E-state index in [1.807, 2.05) is 0 Å². The van der Waals surface area contributed by atoms with Gasteiger partial charge in [-0.2, -0.15) is 0 Å². The highest BCUT2D eigenvalue weighted by Crippen LogP contribution is 2.30. The third-order valence-corrected chi connectivity index (χ3v) is 3.37. The molecular formula is C13H8Cl3NO2. The van der Waals surface area contributed by atoms with Crippen molar-refractivity contribution < 1.29 is 9.90 Å². The van der Waals surface area contributed by atoms with Gasteiger partial charge in [0.1, 0.15) is 0 Å². The lowest BCUT2D eigenvalue weighted by Crippen LogP contribution is -2.01. The normalized spacial score (nSPS) is 10.5. The van der Waals surface area contributed by atoms with Gasteiger partial charge in [-0.05, 0) is 29.8 Å². The van der Waals surface area contributed by atoms with Crippen molar-refractivity contribution >= 4 is 40.8 Å². The molecule has 0 unspecified atom stereocenters. The topological polar surface area (TPSA) is 50.2 Å². The number of pyridine rings is 1. The van der Waals surface area contributed by atoms with E-state index in [0.29, 0.717) is 31.9 Å². The molecule has 0 bridgehead atoms. The smallest absolute Gasteiger partial charge is 0.307 e. The number of carboxylic acids is 1. The molecule has 0 fully saturated rings. The summed E-state index contributed by atoms with van der Waals surface area (Å²) >= 11 is 17.8. The van der Waals surface area contributed by atoms with Crippen molar-refractivity contribution in [1.29, 1.82) is 0 Å². The van der Waals surface area contributed by atoms with Crippen LogP contribution in [0.5, 0.6) is 0 Å². The first kappa shape index (κ1) is 14.1. The standard InChI is InChI=1S/C13H8Cl3NO2/c14-8-1-2-9(10(15)5-8)12-3-7(4-13(18)19)11(16)6-17-12/h1-3,5-6H,4H2,(H,18,19). The number of nitrogens with zero attached hydrogens (tertiary/aromatic N) is 1. The molecule has 0 aliphatic heterocycles. The number of carboxylic acid groups (broad SMARTS) is 1. The molecular weight excluding hydrogens is 309 g/mol. The summed E-state index contributed by atoms with van der Waals surface area (Å²) in [6.07, 6.45) is 1.25. The molecule has 0 aliphatic rings. The highest BCUT2D eigenvalue weighted by molar-refractivity contribution is 6.36. The monoisotopic (exact) mass is 315 g/mol. The number of rotatable bonds is 3. The van der Waals surface area contributed by atoms with Gasteiger partial charge in [0.25, 0.3) is 0 Å².